The van der Waals surface area contributed by atoms with Gasteiger partial charge in [-0.15, -0.1) is 11.8 Å². The predicted molar refractivity (Wildman–Crippen MR) is 198 cm³/mol. The van der Waals surface area contributed by atoms with Crippen LogP contribution < -0.4 is 9.62 Å². The Morgan fingerprint density at radius 3 is 2.19 bits per heavy atom. The average molecular weight is 749 g/mol. The molecular formula is C38H42BrN3O4S2. The predicted octanol–water partition coefficient (Wildman–Crippen LogP) is 7.76. The molecule has 1 N–H and O–H groups in total. The van der Waals surface area contributed by atoms with Gasteiger partial charge >= 0.3 is 0 Å². The number of aryl methyl sites for hydroxylation is 1. The highest BCUT2D eigenvalue weighted by Crippen LogP contribution is 2.27. The van der Waals surface area contributed by atoms with Gasteiger partial charge in [-0.25, -0.2) is 8.42 Å². The van der Waals surface area contributed by atoms with Gasteiger partial charge in [-0.3, -0.25) is 13.9 Å². The van der Waals surface area contributed by atoms with Crippen molar-refractivity contribution in [3.8, 4) is 0 Å². The van der Waals surface area contributed by atoms with Gasteiger partial charge in [-0.05, 0) is 85.7 Å². The third-order valence-corrected chi connectivity index (χ3v) is 11.7. The smallest absolute Gasteiger partial charge is 0.264 e. The van der Waals surface area contributed by atoms with Gasteiger partial charge in [-0.2, -0.15) is 0 Å². The lowest BCUT2D eigenvalue weighted by molar-refractivity contribution is -0.140. The summed E-state index contributed by atoms with van der Waals surface area (Å²) in [7, 11) is -4.16. The minimum Gasteiger partial charge on any atom is -0.352 e. The van der Waals surface area contributed by atoms with E-state index in [-0.39, 0.29) is 29.8 Å². The summed E-state index contributed by atoms with van der Waals surface area (Å²) in [6, 6.07) is 30.2. The van der Waals surface area contributed by atoms with Gasteiger partial charge in [-0.1, -0.05) is 95.4 Å². The first-order chi connectivity index (χ1) is 23.1. The normalized spacial score (nSPS) is 14.2. The number of nitrogens with zero attached hydrogens (tertiary/aromatic N) is 2. The summed E-state index contributed by atoms with van der Waals surface area (Å²) in [6.45, 7) is 1.57. The molecule has 1 fully saturated rings. The van der Waals surface area contributed by atoms with E-state index in [4.69, 9.17) is 0 Å². The van der Waals surface area contributed by atoms with Crippen molar-refractivity contribution in [2.24, 2.45) is 0 Å². The number of hydrogen-bond acceptors (Lipinski definition) is 5. The van der Waals surface area contributed by atoms with E-state index < -0.39 is 28.5 Å². The van der Waals surface area contributed by atoms with Crippen LogP contribution in [0.25, 0.3) is 0 Å². The summed E-state index contributed by atoms with van der Waals surface area (Å²) in [5, 5.41) is 3.25. The molecule has 0 spiro atoms. The van der Waals surface area contributed by atoms with Crippen molar-refractivity contribution < 1.29 is 18.0 Å². The number of carbonyl (C=O) groups excluding carboxylic acids is 2. The molecule has 0 aromatic heterocycles. The highest BCUT2D eigenvalue weighted by Gasteiger charge is 2.35. The summed E-state index contributed by atoms with van der Waals surface area (Å²) < 4.78 is 30.6. The number of amides is 2. The van der Waals surface area contributed by atoms with Gasteiger partial charge in [0.05, 0.1) is 10.6 Å². The van der Waals surface area contributed by atoms with Crippen LogP contribution in [0.5, 0.6) is 0 Å². The van der Waals surface area contributed by atoms with Crippen LogP contribution in [0, 0.1) is 6.92 Å². The first-order valence-corrected chi connectivity index (χ1v) is 19.7. The van der Waals surface area contributed by atoms with Crippen LogP contribution in [0.2, 0.25) is 0 Å². The molecule has 1 saturated carbocycles. The van der Waals surface area contributed by atoms with Gasteiger partial charge in [0.25, 0.3) is 10.0 Å². The number of rotatable bonds is 13. The number of nitrogens with one attached hydrogen (secondary N) is 1. The number of sulfonamides is 1. The summed E-state index contributed by atoms with van der Waals surface area (Å²) in [5.74, 6) is -0.703. The third-order valence-electron chi connectivity index (χ3n) is 8.71. The highest BCUT2D eigenvalue weighted by atomic mass is 79.9. The maximum atomic E-state index is 14.7. The Bertz CT molecular complexity index is 1780. The standard InChI is InChI=1S/C38H42BrN3O4S2/c1-28-16-18-33(19-17-28)42(48(45,46)35-22-20-34(47-2)21-23-35)27-37(43)41(26-30-12-9-13-31(39)24-30)36(25-29-10-5-3-6-11-29)38(44)40-32-14-7-4-8-15-32/h3,5-6,9-13,16-24,32,36H,4,7-8,14-15,25-27H2,1-2H3,(H,40,44)/t36-/m1/s1. The van der Waals surface area contributed by atoms with E-state index in [0.29, 0.717) is 5.69 Å². The van der Waals surface area contributed by atoms with Gasteiger partial charge in [0.1, 0.15) is 12.6 Å². The van der Waals surface area contributed by atoms with Crippen molar-refractivity contribution in [3.63, 3.8) is 0 Å². The molecule has 0 saturated heterocycles. The zero-order chi connectivity index (χ0) is 34.1. The SMILES string of the molecule is CSc1ccc(S(=O)(=O)N(CC(=O)N(Cc2cccc(Br)c2)[C@H](Cc2ccccc2)C(=O)NC2CCCCC2)c2ccc(C)cc2)cc1. The van der Waals surface area contributed by atoms with Crippen molar-refractivity contribution in [1.29, 1.82) is 0 Å². The molecule has 1 aliphatic rings. The molecule has 0 radical (unpaired) electrons. The van der Waals surface area contributed by atoms with E-state index in [9.17, 15) is 18.0 Å². The minimum absolute atomic E-state index is 0.0426. The molecule has 48 heavy (non-hydrogen) atoms. The minimum atomic E-state index is -4.16. The Morgan fingerprint density at radius 2 is 1.54 bits per heavy atom. The number of halogens is 1. The zero-order valence-corrected chi connectivity index (χ0v) is 30.6. The zero-order valence-electron chi connectivity index (χ0n) is 27.3. The van der Waals surface area contributed by atoms with Crippen LogP contribution in [-0.2, 0) is 32.6 Å². The second-order valence-electron chi connectivity index (χ2n) is 12.2. The molecule has 0 unspecified atom stereocenters. The average Bonchev–Trinajstić information content (AvgIpc) is 3.10. The summed E-state index contributed by atoms with van der Waals surface area (Å²) in [4.78, 5) is 31.5. The fourth-order valence-electron chi connectivity index (χ4n) is 6.04. The molecule has 4 aromatic rings. The summed E-state index contributed by atoms with van der Waals surface area (Å²) in [6.07, 6.45) is 7.27. The highest BCUT2D eigenvalue weighted by molar-refractivity contribution is 9.10. The van der Waals surface area contributed by atoms with Crippen molar-refractivity contribution in [3.05, 3.63) is 124 Å². The molecule has 1 aliphatic carbocycles. The van der Waals surface area contributed by atoms with Gasteiger partial charge in [0, 0.05) is 28.4 Å². The fourth-order valence-corrected chi connectivity index (χ4v) is 8.31. The van der Waals surface area contributed by atoms with E-state index >= 15 is 0 Å². The van der Waals surface area contributed by atoms with E-state index in [2.05, 4.69) is 21.2 Å². The molecule has 4 aromatic carbocycles. The molecule has 0 aliphatic heterocycles. The van der Waals surface area contributed by atoms with Crippen LogP contribution in [-0.4, -0.2) is 50.0 Å². The van der Waals surface area contributed by atoms with Crippen molar-refractivity contribution in [2.45, 2.75) is 73.9 Å². The molecule has 0 bridgehead atoms. The lowest BCUT2D eigenvalue weighted by Gasteiger charge is -2.35. The fraction of sp³-hybridized carbons (Fsp3) is 0.316. The van der Waals surface area contributed by atoms with Crippen molar-refractivity contribution in [2.75, 3.05) is 17.1 Å². The Balaban J connectivity index is 1.56. The van der Waals surface area contributed by atoms with Gasteiger partial charge < -0.3 is 10.2 Å². The molecule has 0 heterocycles. The lowest BCUT2D eigenvalue weighted by atomic mass is 9.94. The maximum Gasteiger partial charge on any atom is 0.264 e. The third kappa shape index (κ3) is 9.30. The molecular weight excluding hydrogens is 706 g/mol. The Hall–Kier alpha value is -3.60. The van der Waals surface area contributed by atoms with Crippen LogP contribution in [0.4, 0.5) is 5.69 Å². The largest absolute Gasteiger partial charge is 0.352 e. The number of benzene rings is 4. The van der Waals surface area contributed by atoms with Gasteiger partial charge in [0.2, 0.25) is 11.8 Å². The molecule has 252 valence electrons. The van der Waals surface area contributed by atoms with E-state index in [0.717, 1.165) is 62.5 Å². The first kappa shape index (κ1) is 35.7. The topological polar surface area (TPSA) is 86.8 Å². The summed E-state index contributed by atoms with van der Waals surface area (Å²) in [5.41, 5.74) is 3.06. The number of carbonyl (C=O) groups is 2. The van der Waals surface area contributed by atoms with Crippen LogP contribution in [0.1, 0.15) is 48.8 Å². The molecule has 1 atom stereocenters. The Kier molecular flexibility index (Phi) is 12.4. The maximum absolute atomic E-state index is 14.7. The lowest BCUT2D eigenvalue weighted by Crippen LogP contribution is -2.55. The van der Waals surface area contributed by atoms with E-state index in [1.54, 1.807) is 41.3 Å². The Labute approximate surface area is 297 Å². The van der Waals surface area contributed by atoms with Crippen LogP contribution in [0.15, 0.2) is 117 Å². The molecule has 10 heteroatoms. The van der Waals surface area contributed by atoms with Crippen LogP contribution >= 0.6 is 27.7 Å². The van der Waals surface area contributed by atoms with Crippen LogP contribution in [0.3, 0.4) is 0 Å². The quantitative estimate of drug-likeness (QED) is 0.141. The monoisotopic (exact) mass is 747 g/mol. The second-order valence-corrected chi connectivity index (χ2v) is 15.9. The number of thioether (sulfide) groups is 1. The van der Waals surface area contributed by atoms with Crippen molar-refractivity contribution in [1.82, 2.24) is 10.2 Å². The van der Waals surface area contributed by atoms with Crippen molar-refractivity contribution >= 4 is 55.2 Å². The molecule has 7 nitrogen and oxygen atoms in total. The second kappa shape index (κ2) is 16.7. The van der Waals surface area contributed by atoms with Gasteiger partial charge in [0.15, 0.2) is 0 Å². The molecule has 5 rings (SSSR count). The molecule has 2 amide bonds. The first-order valence-electron chi connectivity index (χ1n) is 16.3. The summed E-state index contributed by atoms with van der Waals surface area (Å²) >= 11 is 5.06. The number of anilines is 1. The Morgan fingerprint density at radius 1 is 0.875 bits per heavy atom. The van der Waals surface area contributed by atoms with E-state index in [1.165, 1.54) is 11.8 Å². The number of hydrogen-bond donors (Lipinski definition) is 1. The van der Waals surface area contributed by atoms with E-state index in [1.807, 2.05) is 79.9 Å².